The second kappa shape index (κ2) is 5.46. The van der Waals surface area contributed by atoms with Gasteiger partial charge in [-0.2, -0.15) is 27.8 Å². The molecule has 0 N–H and O–H groups in total. The Kier molecular flexibility index (Phi) is 3.90. The summed E-state index contributed by atoms with van der Waals surface area (Å²) in [5, 5.41) is 8.98. The molecular formula is C12H9F3N4S. The van der Waals surface area contributed by atoms with E-state index in [9.17, 15) is 13.2 Å². The highest BCUT2D eigenvalue weighted by Crippen LogP contribution is 2.30. The average molecular weight is 298 g/mol. The van der Waals surface area contributed by atoms with E-state index < -0.39 is 12.0 Å². The lowest BCUT2D eigenvalue weighted by Crippen LogP contribution is -2.17. The second-order valence-corrected chi connectivity index (χ2v) is 4.80. The lowest BCUT2D eigenvalue weighted by Gasteiger charge is -2.15. The largest absolute Gasteiger partial charge is 0.452 e. The number of anilines is 1. The van der Waals surface area contributed by atoms with E-state index in [0.29, 0.717) is 23.6 Å². The van der Waals surface area contributed by atoms with Crippen molar-refractivity contribution in [3.63, 3.8) is 0 Å². The van der Waals surface area contributed by atoms with Crippen molar-refractivity contribution in [2.45, 2.75) is 12.7 Å². The molecule has 0 spiro atoms. The minimum Gasteiger partial charge on any atom is -0.346 e. The molecule has 4 nitrogen and oxygen atoms in total. The monoisotopic (exact) mass is 298 g/mol. The molecule has 1 aromatic carbocycles. The van der Waals surface area contributed by atoms with Crippen molar-refractivity contribution >= 4 is 16.7 Å². The Morgan fingerprint density at radius 2 is 2.15 bits per heavy atom. The van der Waals surface area contributed by atoms with E-state index in [1.807, 2.05) is 6.07 Å². The molecule has 104 valence electrons. The van der Waals surface area contributed by atoms with Gasteiger partial charge in [-0.25, -0.2) is 0 Å². The molecule has 2 rings (SSSR count). The fourth-order valence-electron chi connectivity index (χ4n) is 1.57. The molecule has 0 fully saturated rings. The van der Waals surface area contributed by atoms with E-state index in [1.165, 1.54) is 0 Å². The molecule has 1 heterocycles. The number of nitriles is 1. The van der Waals surface area contributed by atoms with Crippen molar-refractivity contribution in [3.8, 4) is 6.07 Å². The maximum atomic E-state index is 12.4. The van der Waals surface area contributed by atoms with Gasteiger partial charge in [0, 0.05) is 25.1 Å². The summed E-state index contributed by atoms with van der Waals surface area (Å²) in [7, 11) is 1.62. The highest BCUT2D eigenvalue weighted by molar-refractivity contribution is 7.09. The predicted molar refractivity (Wildman–Crippen MR) is 68.2 cm³/mol. The van der Waals surface area contributed by atoms with Gasteiger partial charge >= 0.3 is 6.18 Å². The van der Waals surface area contributed by atoms with E-state index >= 15 is 0 Å². The Hall–Kier alpha value is -2.14. The lowest BCUT2D eigenvalue weighted by molar-refractivity contribution is -0.144. The number of aromatic nitrogens is 2. The van der Waals surface area contributed by atoms with Crippen molar-refractivity contribution in [1.82, 2.24) is 9.36 Å². The quantitative estimate of drug-likeness (QED) is 0.874. The predicted octanol–water partition coefficient (Wildman–Crippen LogP) is 3.06. The molecule has 2 aromatic rings. The minimum absolute atomic E-state index is 0.180. The van der Waals surface area contributed by atoms with Crippen molar-refractivity contribution in [2.24, 2.45) is 0 Å². The highest BCUT2D eigenvalue weighted by atomic mass is 32.1. The van der Waals surface area contributed by atoms with E-state index in [1.54, 1.807) is 36.2 Å². The van der Waals surface area contributed by atoms with Crippen LogP contribution in [0.4, 0.5) is 18.3 Å². The Morgan fingerprint density at radius 1 is 1.40 bits per heavy atom. The number of nitrogens with zero attached hydrogens (tertiary/aromatic N) is 4. The molecule has 0 aliphatic carbocycles. The average Bonchev–Trinajstić information content (AvgIpc) is 2.88. The first kappa shape index (κ1) is 14.3. The van der Waals surface area contributed by atoms with Crippen LogP contribution in [0.25, 0.3) is 0 Å². The van der Waals surface area contributed by atoms with Crippen LogP contribution in [0.3, 0.4) is 0 Å². The zero-order valence-corrected chi connectivity index (χ0v) is 11.2. The molecule has 0 saturated carbocycles. The van der Waals surface area contributed by atoms with Gasteiger partial charge in [-0.05, 0) is 17.7 Å². The Labute approximate surface area is 117 Å². The third-order valence-corrected chi connectivity index (χ3v) is 3.30. The molecule has 0 bridgehead atoms. The Morgan fingerprint density at radius 3 is 2.75 bits per heavy atom. The highest BCUT2D eigenvalue weighted by Gasteiger charge is 2.36. The first-order valence-electron chi connectivity index (χ1n) is 5.51. The summed E-state index contributed by atoms with van der Waals surface area (Å²) in [6.45, 7) is 0.349. The topological polar surface area (TPSA) is 52.8 Å². The van der Waals surface area contributed by atoms with E-state index in [4.69, 9.17) is 5.26 Å². The van der Waals surface area contributed by atoms with Gasteiger partial charge in [0.1, 0.15) is 0 Å². The number of hydrogen-bond acceptors (Lipinski definition) is 5. The van der Waals surface area contributed by atoms with Crippen LogP contribution in [-0.2, 0) is 12.7 Å². The summed E-state index contributed by atoms with van der Waals surface area (Å²) >= 11 is 0.694. The Balaban J connectivity index is 2.14. The second-order valence-electron chi connectivity index (χ2n) is 4.07. The normalized spacial score (nSPS) is 11.2. The zero-order valence-electron chi connectivity index (χ0n) is 10.3. The Bertz CT molecular complexity index is 645. The van der Waals surface area contributed by atoms with Gasteiger partial charge in [-0.1, -0.05) is 12.1 Å². The van der Waals surface area contributed by atoms with E-state index in [2.05, 4.69) is 9.36 Å². The molecule has 0 unspecified atom stereocenters. The van der Waals surface area contributed by atoms with Gasteiger partial charge in [0.15, 0.2) is 0 Å². The van der Waals surface area contributed by atoms with E-state index in [-0.39, 0.29) is 5.13 Å². The number of rotatable bonds is 3. The summed E-state index contributed by atoms with van der Waals surface area (Å²) in [5.41, 5.74) is 1.32. The number of benzene rings is 1. The first-order valence-corrected chi connectivity index (χ1v) is 6.28. The summed E-state index contributed by atoms with van der Waals surface area (Å²) in [6, 6.07) is 8.88. The third kappa shape index (κ3) is 3.24. The van der Waals surface area contributed by atoms with Gasteiger partial charge in [0.05, 0.1) is 11.6 Å². The summed E-state index contributed by atoms with van der Waals surface area (Å²) in [4.78, 5) is 5.02. The van der Waals surface area contributed by atoms with Crippen molar-refractivity contribution in [1.29, 1.82) is 5.26 Å². The van der Waals surface area contributed by atoms with Crippen molar-refractivity contribution in [3.05, 3.63) is 41.2 Å². The van der Waals surface area contributed by atoms with Crippen LogP contribution in [-0.4, -0.2) is 16.4 Å². The molecule has 1 aromatic heterocycles. The molecule has 0 radical (unpaired) electrons. The molecule has 0 saturated heterocycles. The standard InChI is InChI=1S/C12H9F3N4S/c1-19(7-9-4-2-3-8(5-9)6-16)11-17-10(18-20-11)12(13,14)15/h2-5H,7H2,1H3. The van der Waals surface area contributed by atoms with E-state index in [0.717, 1.165) is 5.56 Å². The molecular weight excluding hydrogens is 289 g/mol. The fourth-order valence-corrected chi connectivity index (χ4v) is 2.21. The molecule has 0 aliphatic rings. The fraction of sp³-hybridized carbons (Fsp3) is 0.250. The van der Waals surface area contributed by atoms with Crippen LogP contribution in [0.5, 0.6) is 0 Å². The molecule has 20 heavy (non-hydrogen) atoms. The van der Waals surface area contributed by atoms with Gasteiger partial charge < -0.3 is 4.90 Å². The third-order valence-electron chi connectivity index (χ3n) is 2.47. The van der Waals surface area contributed by atoms with Crippen LogP contribution >= 0.6 is 11.5 Å². The number of alkyl halides is 3. The SMILES string of the molecule is CN(Cc1cccc(C#N)c1)c1nc(C(F)(F)F)ns1. The lowest BCUT2D eigenvalue weighted by atomic mass is 10.1. The van der Waals surface area contributed by atoms with Crippen LogP contribution in [0.1, 0.15) is 17.0 Å². The number of halogens is 3. The molecule has 0 atom stereocenters. The summed E-state index contributed by atoms with van der Waals surface area (Å²) < 4.78 is 40.5. The molecule has 0 aliphatic heterocycles. The van der Waals surface area contributed by atoms with Gasteiger partial charge in [0.25, 0.3) is 0 Å². The van der Waals surface area contributed by atoms with Crippen LogP contribution in [0, 0.1) is 11.3 Å². The first-order chi connectivity index (χ1) is 9.40. The molecule has 0 amide bonds. The van der Waals surface area contributed by atoms with Crippen molar-refractivity contribution in [2.75, 3.05) is 11.9 Å². The summed E-state index contributed by atoms with van der Waals surface area (Å²) in [6.07, 6.45) is -4.53. The molecule has 8 heteroatoms. The maximum Gasteiger partial charge on any atom is 0.452 e. The van der Waals surface area contributed by atoms with Gasteiger partial charge in [0.2, 0.25) is 11.0 Å². The van der Waals surface area contributed by atoms with Gasteiger partial charge in [-0.15, -0.1) is 0 Å². The zero-order chi connectivity index (χ0) is 14.8. The minimum atomic E-state index is -4.53. The van der Waals surface area contributed by atoms with Crippen LogP contribution in [0.15, 0.2) is 24.3 Å². The smallest absolute Gasteiger partial charge is 0.346 e. The number of hydrogen-bond donors (Lipinski definition) is 0. The van der Waals surface area contributed by atoms with Crippen LogP contribution < -0.4 is 4.90 Å². The van der Waals surface area contributed by atoms with Crippen molar-refractivity contribution < 1.29 is 13.2 Å². The van der Waals surface area contributed by atoms with Crippen LogP contribution in [0.2, 0.25) is 0 Å². The van der Waals surface area contributed by atoms with Gasteiger partial charge in [-0.3, -0.25) is 0 Å². The summed E-state index contributed by atoms with van der Waals surface area (Å²) in [5.74, 6) is -1.13. The maximum absolute atomic E-state index is 12.4.